The largest absolute Gasteiger partial charge is 0.418 e. The summed E-state index contributed by atoms with van der Waals surface area (Å²) in [5.41, 5.74) is -0.397. The van der Waals surface area contributed by atoms with E-state index < -0.39 is 11.7 Å². The molecule has 0 bridgehead atoms. The summed E-state index contributed by atoms with van der Waals surface area (Å²) < 4.78 is 41.0. The van der Waals surface area contributed by atoms with Crippen LogP contribution in [0.4, 0.5) is 19.0 Å². The van der Waals surface area contributed by atoms with E-state index in [1.54, 1.807) is 13.0 Å². The van der Waals surface area contributed by atoms with Crippen molar-refractivity contribution in [2.45, 2.75) is 20.0 Å². The van der Waals surface area contributed by atoms with Gasteiger partial charge in [-0.3, -0.25) is 4.79 Å². The van der Waals surface area contributed by atoms with Gasteiger partial charge in [-0.05, 0) is 38.1 Å². The maximum atomic E-state index is 13.3. The molecule has 25 heavy (non-hydrogen) atoms. The molecule has 1 atom stereocenters. The zero-order valence-electron chi connectivity index (χ0n) is 13.9. The van der Waals surface area contributed by atoms with Gasteiger partial charge >= 0.3 is 6.18 Å². The lowest BCUT2D eigenvalue weighted by molar-refractivity contribution is -0.137. The van der Waals surface area contributed by atoms with Gasteiger partial charge in [0.05, 0.1) is 16.9 Å². The van der Waals surface area contributed by atoms with Crippen molar-refractivity contribution in [3.05, 3.63) is 41.6 Å². The predicted molar refractivity (Wildman–Crippen MR) is 87.5 cm³/mol. The fourth-order valence-corrected chi connectivity index (χ4v) is 2.79. The van der Waals surface area contributed by atoms with Crippen molar-refractivity contribution in [2.75, 3.05) is 18.4 Å². The average Bonchev–Trinajstić information content (AvgIpc) is 2.85. The number of rotatable bonds is 4. The molecular formula is C17H19F3N4O. The Labute approximate surface area is 143 Å². The van der Waals surface area contributed by atoms with Gasteiger partial charge in [-0.1, -0.05) is 19.1 Å². The van der Waals surface area contributed by atoms with Crippen LogP contribution in [0.2, 0.25) is 0 Å². The van der Waals surface area contributed by atoms with E-state index in [1.165, 1.54) is 18.2 Å². The molecule has 5 nitrogen and oxygen atoms in total. The van der Waals surface area contributed by atoms with Crippen LogP contribution in [-0.4, -0.2) is 28.8 Å². The Hall–Kier alpha value is -2.35. The number of benzene rings is 1. The lowest BCUT2D eigenvalue weighted by Crippen LogP contribution is -2.48. The van der Waals surface area contributed by atoms with Crippen LogP contribution < -0.4 is 10.6 Å². The van der Waals surface area contributed by atoms with Gasteiger partial charge in [-0.25, -0.2) is 4.68 Å². The Morgan fingerprint density at radius 2 is 2.04 bits per heavy atom. The van der Waals surface area contributed by atoms with Crippen LogP contribution in [0.3, 0.4) is 0 Å². The summed E-state index contributed by atoms with van der Waals surface area (Å²) in [6.45, 7) is 5.02. The van der Waals surface area contributed by atoms with E-state index in [9.17, 15) is 18.0 Å². The first kappa shape index (κ1) is 17.5. The molecule has 2 heterocycles. The van der Waals surface area contributed by atoms with Crippen LogP contribution in [0.15, 0.2) is 30.3 Å². The molecule has 1 amide bonds. The number of carbonyl (C=O) groups excluding carboxylic acids is 1. The lowest BCUT2D eigenvalue weighted by atomic mass is 9.88. The van der Waals surface area contributed by atoms with Gasteiger partial charge in [0, 0.05) is 12.0 Å². The van der Waals surface area contributed by atoms with E-state index in [2.05, 4.69) is 15.7 Å². The van der Waals surface area contributed by atoms with Crippen molar-refractivity contribution in [1.29, 1.82) is 0 Å². The molecule has 1 unspecified atom stereocenters. The first-order valence-corrected chi connectivity index (χ1v) is 8.02. The summed E-state index contributed by atoms with van der Waals surface area (Å²) in [6.07, 6.45) is -4.51. The number of hydrogen-bond acceptors (Lipinski definition) is 3. The first-order chi connectivity index (χ1) is 11.8. The molecule has 2 N–H and O–H groups in total. The maximum absolute atomic E-state index is 13.3. The summed E-state index contributed by atoms with van der Waals surface area (Å²) in [5.74, 6) is 0.0122. The van der Waals surface area contributed by atoms with Crippen LogP contribution in [0.25, 0.3) is 5.69 Å². The molecule has 1 aromatic carbocycles. The quantitative estimate of drug-likeness (QED) is 0.889. The van der Waals surface area contributed by atoms with E-state index in [4.69, 9.17) is 0 Å². The second kappa shape index (κ2) is 6.51. The third kappa shape index (κ3) is 3.53. The van der Waals surface area contributed by atoms with E-state index in [1.807, 2.05) is 6.92 Å². The highest BCUT2D eigenvalue weighted by atomic mass is 19.4. The first-order valence-electron chi connectivity index (χ1n) is 8.02. The summed E-state index contributed by atoms with van der Waals surface area (Å²) in [6, 6.07) is 6.74. The molecule has 1 saturated heterocycles. The van der Waals surface area contributed by atoms with E-state index in [0.717, 1.165) is 23.8 Å². The van der Waals surface area contributed by atoms with Crippen molar-refractivity contribution in [2.24, 2.45) is 11.8 Å². The molecule has 3 rings (SSSR count). The van der Waals surface area contributed by atoms with Gasteiger partial charge in [-0.2, -0.15) is 18.3 Å². The van der Waals surface area contributed by atoms with Crippen LogP contribution in [0, 0.1) is 18.8 Å². The van der Waals surface area contributed by atoms with Crippen molar-refractivity contribution < 1.29 is 18.0 Å². The number of amides is 1. The highest BCUT2D eigenvalue weighted by Crippen LogP contribution is 2.34. The van der Waals surface area contributed by atoms with Crippen molar-refractivity contribution >= 4 is 11.7 Å². The number of aromatic nitrogens is 2. The van der Waals surface area contributed by atoms with Crippen LogP contribution in [0.1, 0.15) is 18.2 Å². The molecule has 8 heteroatoms. The Morgan fingerprint density at radius 1 is 1.36 bits per heavy atom. The third-order valence-corrected chi connectivity index (χ3v) is 4.45. The van der Waals surface area contributed by atoms with E-state index >= 15 is 0 Å². The van der Waals surface area contributed by atoms with E-state index in [0.29, 0.717) is 5.69 Å². The van der Waals surface area contributed by atoms with Gasteiger partial charge in [-0.15, -0.1) is 0 Å². The Bertz CT molecular complexity index is 780. The van der Waals surface area contributed by atoms with Gasteiger partial charge in [0.1, 0.15) is 5.82 Å². The molecule has 2 aromatic rings. The van der Waals surface area contributed by atoms with Gasteiger partial charge in [0.2, 0.25) is 5.91 Å². The molecule has 0 aliphatic carbocycles. The zero-order valence-corrected chi connectivity index (χ0v) is 13.9. The maximum Gasteiger partial charge on any atom is 0.418 e. The molecule has 1 fully saturated rings. The van der Waals surface area contributed by atoms with Crippen molar-refractivity contribution in [3.63, 3.8) is 0 Å². The zero-order chi connectivity index (χ0) is 18.2. The number of hydrogen-bond donors (Lipinski definition) is 2. The normalized spacial score (nSPS) is 16.4. The van der Waals surface area contributed by atoms with Gasteiger partial charge in [0.15, 0.2) is 0 Å². The topological polar surface area (TPSA) is 59.0 Å². The van der Waals surface area contributed by atoms with Gasteiger partial charge in [0.25, 0.3) is 0 Å². The standard InChI is InChI=1S/C17H19F3N4O/c1-10-7-15(22-16(25)11(2)12-8-21-9-12)24(23-10)14-6-4-3-5-13(14)17(18,19)20/h3-7,11-12,21H,8-9H2,1-2H3,(H,22,25). The van der Waals surface area contributed by atoms with Gasteiger partial charge < -0.3 is 10.6 Å². The van der Waals surface area contributed by atoms with Crippen LogP contribution in [-0.2, 0) is 11.0 Å². The average molecular weight is 352 g/mol. The summed E-state index contributed by atoms with van der Waals surface area (Å²) >= 11 is 0. The molecule has 1 aliphatic rings. The number of halogens is 3. The minimum atomic E-state index is -4.51. The van der Waals surface area contributed by atoms with E-state index in [-0.39, 0.29) is 29.2 Å². The van der Waals surface area contributed by atoms with Crippen molar-refractivity contribution in [3.8, 4) is 5.69 Å². The second-order valence-electron chi connectivity index (χ2n) is 6.29. The predicted octanol–water partition coefficient (Wildman–Crippen LogP) is 2.99. The summed E-state index contributed by atoms with van der Waals surface area (Å²) in [7, 11) is 0. The number of nitrogens with one attached hydrogen (secondary N) is 2. The number of carbonyl (C=O) groups is 1. The molecule has 0 spiro atoms. The summed E-state index contributed by atoms with van der Waals surface area (Å²) in [4.78, 5) is 12.4. The Morgan fingerprint density at radius 3 is 2.64 bits per heavy atom. The highest BCUT2D eigenvalue weighted by Gasteiger charge is 2.35. The van der Waals surface area contributed by atoms with Crippen LogP contribution in [0.5, 0.6) is 0 Å². The fraction of sp³-hybridized carbons (Fsp3) is 0.412. The summed E-state index contributed by atoms with van der Waals surface area (Å²) in [5, 5.41) is 9.96. The number of para-hydroxylation sites is 1. The number of anilines is 1. The smallest absolute Gasteiger partial charge is 0.316 e. The number of alkyl halides is 3. The number of aryl methyl sites for hydroxylation is 1. The Kier molecular flexibility index (Phi) is 4.55. The van der Waals surface area contributed by atoms with Crippen molar-refractivity contribution in [1.82, 2.24) is 15.1 Å². The Balaban J connectivity index is 1.93. The minimum absolute atomic E-state index is 0.114. The third-order valence-electron chi connectivity index (χ3n) is 4.45. The highest BCUT2D eigenvalue weighted by molar-refractivity contribution is 5.92. The molecule has 0 radical (unpaired) electrons. The SMILES string of the molecule is Cc1cc(NC(=O)C(C)C2CNC2)n(-c2ccccc2C(F)(F)F)n1. The molecule has 1 aromatic heterocycles. The number of nitrogens with zero attached hydrogens (tertiary/aromatic N) is 2. The molecule has 0 saturated carbocycles. The monoisotopic (exact) mass is 352 g/mol. The fourth-order valence-electron chi connectivity index (χ4n) is 2.79. The molecule has 1 aliphatic heterocycles. The minimum Gasteiger partial charge on any atom is -0.316 e. The molecule has 134 valence electrons. The van der Waals surface area contributed by atoms with Crippen LogP contribution >= 0.6 is 0 Å². The second-order valence-corrected chi connectivity index (χ2v) is 6.29. The molecular weight excluding hydrogens is 333 g/mol. The lowest BCUT2D eigenvalue weighted by Gasteiger charge is -2.31.